The fraction of sp³-hybridized carbons (Fsp3) is 0.905. The number of aliphatic hydroxyl groups excluding tert-OH is 1. The van der Waals surface area contributed by atoms with Crippen LogP contribution in [0.1, 0.15) is 71.1 Å². The highest BCUT2D eigenvalue weighted by molar-refractivity contribution is 5.24. The first-order chi connectivity index (χ1) is 11.0. The number of aliphatic hydroxyl groups is 2. The monoisotopic (exact) mass is 316 g/mol. The first kappa shape index (κ1) is 16.0. The van der Waals surface area contributed by atoms with Crippen LogP contribution in [0.2, 0.25) is 0 Å². The van der Waals surface area contributed by atoms with Crippen molar-refractivity contribution in [1.29, 1.82) is 0 Å². The van der Waals surface area contributed by atoms with Gasteiger partial charge in [0, 0.05) is 5.41 Å². The van der Waals surface area contributed by atoms with E-state index in [4.69, 9.17) is 6.42 Å². The van der Waals surface area contributed by atoms with Crippen LogP contribution in [0.15, 0.2) is 0 Å². The van der Waals surface area contributed by atoms with Crippen molar-refractivity contribution in [3.63, 3.8) is 0 Å². The summed E-state index contributed by atoms with van der Waals surface area (Å²) in [7, 11) is 0. The molecule has 0 aliphatic heterocycles. The molecule has 0 amide bonds. The van der Waals surface area contributed by atoms with Crippen molar-refractivity contribution >= 4 is 0 Å². The van der Waals surface area contributed by atoms with E-state index in [1.54, 1.807) is 0 Å². The first-order valence-corrected chi connectivity index (χ1v) is 9.93. The Morgan fingerprint density at radius 1 is 1.00 bits per heavy atom. The van der Waals surface area contributed by atoms with Crippen molar-refractivity contribution < 1.29 is 10.2 Å². The number of rotatable bonds is 1. The molecule has 23 heavy (non-hydrogen) atoms. The smallest absolute Gasteiger partial charge is 0.131 e. The number of terminal acetylenes is 1. The third-order valence-electron chi connectivity index (χ3n) is 8.65. The van der Waals surface area contributed by atoms with Gasteiger partial charge in [-0.1, -0.05) is 12.8 Å². The van der Waals surface area contributed by atoms with Gasteiger partial charge >= 0.3 is 0 Å². The van der Waals surface area contributed by atoms with Crippen LogP contribution in [-0.2, 0) is 0 Å². The minimum atomic E-state index is -0.864. The van der Waals surface area contributed by atoms with E-state index in [-0.39, 0.29) is 11.5 Å². The van der Waals surface area contributed by atoms with Crippen LogP contribution in [0.4, 0.5) is 0 Å². The van der Waals surface area contributed by atoms with Crippen LogP contribution in [0.5, 0.6) is 0 Å². The van der Waals surface area contributed by atoms with Gasteiger partial charge in [0.05, 0.1) is 6.10 Å². The molecule has 0 radical (unpaired) electrons. The van der Waals surface area contributed by atoms with Gasteiger partial charge in [-0.3, -0.25) is 0 Å². The number of hydrogen-bond donors (Lipinski definition) is 2. The van der Waals surface area contributed by atoms with Crippen molar-refractivity contribution in [3.05, 3.63) is 0 Å². The summed E-state index contributed by atoms with van der Waals surface area (Å²) in [5.41, 5.74) is -0.888. The summed E-state index contributed by atoms with van der Waals surface area (Å²) in [6.45, 7) is 2.24. The Labute approximate surface area is 141 Å². The maximum absolute atomic E-state index is 11.1. The minimum Gasteiger partial charge on any atom is -0.393 e. The van der Waals surface area contributed by atoms with E-state index in [2.05, 4.69) is 12.8 Å². The Morgan fingerprint density at radius 3 is 2.52 bits per heavy atom. The minimum absolute atomic E-state index is 0.0239. The molecule has 0 spiro atoms. The molecule has 8 atom stereocenters. The summed E-state index contributed by atoms with van der Waals surface area (Å²) in [6.07, 6.45) is 16.9. The largest absolute Gasteiger partial charge is 0.393 e. The summed E-state index contributed by atoms with van der Waals surface area (Å²) in [4.78, 5) is 0. The summed E-state index contributed by atoms with van der Waals surface area (Å²) in [5, 5.41) is 21.2. The van der Waals surface area contributed by atoms with Crippen LogP contribution in [0.25, 0.3) is 0 Å². The maximum Gasteiger partial charge on any atom is 0.131 e. The molecule has 0 aromatic rings. The van der Waals surface area contributed by atoms with Crippen molar-refractivity contribution in [1.82, 2.24) is 0 Å². The Morgan fingerprint density at radius 2 is 1.78 bits per heavy atom. The second-order valence-corrected chi connectivity index (χ2v) is 8.99. The third kappa shape index (κ3) is 2.09. The Hall–Kier alpha value is -0.520. The fourth-order valence-electron chi connectivity index (χ4n) is 7.61. The Bertz CT molecular complexity index is 508. The van der Waals surface area contributed by atoms with Gasteiger partial charge < -0.3 is 10.2 Å². The van der Waals surface area contributed by atoms with Crippen LogP contribution in [0, 0.1) is 47.3 Å². The van der Waals surface area contributed by atoms with Crippen LogP contribution in [0.3, 0.4) is 0 Å². The lowest BCUT2D eigenvalue weighted by Crippen LogP contribution is -2.54. The summed E-state index contributed by atoms with van der Waals surface area (Å²) in [5.74, 6) is 6.61. The zero-order chi connectivity index (χ0) is 16.2. The average Bonchev–Trinajstić information content (AvgIpc) is 2.88. The Kier molecular flexibility index (Phi) is 3.82. The van der Waals surface area contributed by atoms with E-state index in [9.17, 15) is 10.2 Å². The first-order valence-electron chi connectivity index (χ1n) is 9.93. The summed E-state index contributed by atoms with van der Waals surface area (Å²) in [6, 6.07) is 0. The summed E-state index contributed by atoms with van der Waals surface area (Å²) < 4.78 is 0. The fourth-order valence-corrected chi connectivity index (χ4v) is 7.61. The highest BCUT2D eigenvalue weighted by atomic mass is 16.3. The maximum atomic E-state index is 11.1. The molecule has 128 valence electrons. The van der Waals surface area contributed by atoms with Crippen LogP contribution in [-0.4, -0.2) is 21.9 Å². The second-order valence-electron chi connectivity index (χ2n) is 8.99. The van der Waals surface area contributed by atoms with Crippen LogP contribution >= 0.6 is 0 Å². The molecule has 0 aromatic heterocycles. The normalized spacial score (nSPS) is 55.4. The SMILES string of the molecule is C#C[C@]1(O)CC[C@@H]2[C@@H]3CC[C@H]4C[C@@H](O)CC[C@H]4[C@@H]3CC[C@@]21CC. The van der Waals surface area contributed by atoms with E-state index in [0.29, 0.717) is 5.92 Å². The molecule has 0 aromatic carbocycles. The topological polar surface area (TPSA) is 40.5 Å². The molecule has 0 heterocycles. The lowest BCUT2D eigenvalue weighted by Gasteiger charge is -2.57. The van der Waals surface area contributed by atoms with Gasteiger partial charge in [-0.2, -0.15) is 0 Å². The summed E-state index contributed by atoms with van der Waals surface area (Å²) >= 11 is 0. The second kappa shape index (κ2) is 5.50. The van der Waals surface area contributed by atoms with Gasteiger partial charge in [0.25, 0.3) is 0 Å². The predicted molar refractivity (Wildman–Crippen MR) is 91.5 cm³/mol. The van der Waals surface area contributed by atoms with Crippen LogP contribution < -0.4 is 0 Å². The quantitative estimate of drug-likeness (QED) is 0.723. The van der Waals surface area contributed by atoms with Gasteiger partial charge in [-0.05, 0) is 93.8 Å². The van der Waals surface area contributed by atoms with E-state index >= 15 is 0 Å². The number of hydrogen-bond acceptors (Lipinski definition) is 2. The highest BCUT2D eigenvalue weighted by Gasteiger charge is 2.63. The molecule has 4 aliphatic carbocycles. The molecule has 2 N–H and O–H groups in total. The van der Waals surface area contributed by atoms with E-state index in [1.807, 2.05) is 0 Å². The lowest BCUT2D eigenvalue weighted by atomic mass is 9.48. The standard InChI is InChI=1S/C21H32O2/c1-3-20-11-9-17-16-8-6-15(22)13-14(16)5-7-18(17)19(20)10-12-21(20,23)4-2/h2,14-19,22-23H,3,5-13H2,1H3/t14-,15-,16+,17-,18+,19+,20-,21-/m0/s1. The molecule has 4 aliphatic rings. The van der Waals surface area contributed by atoms with E-state index in [1.165, 1.54) is 25.7 Å². The third-order valence-corrected chi connectivity index (χ3v) is 8.65. The van der Waals surface area contributed by atoms with Crippen molar-refractivity contribution in [2.75, 3.05) is 0 Å². The van der Waals surface area contributed by atoms with Gasteiger partial charge in [0.2, 0.25) is 0 Å². The molecule has 4 saturated carbocycles. The Balaban J connectivity index is 1.62. The predicted octanol–water partition coefficient (Wildman–Crippen LogP) is 3.75. The number of fused-ring (bicyclic) bond motifs is 5. The molecule has 0 unspecified atom stereocenters. The molecule has 4 fully saturated rings. The molecule has 4 rings (SSSR count). The molecule has 0 bridgehead atoms. The van der Waals surface area contributed by atoms with Gasteiger partial charge in [-0.15, -0.1) is 6.42 Å². The average molecular weight is 316 g/mol. The lowest BCUT2D eigenvalue weighted by molar-refractivity contribution is -0.121. The van der Waals surface area contributed by atoms with Gasteiger partial charge in [0.1, 0.15) is 5.60 Å². The van der Waals surface area contributed by atoms with Crippen molar-refractivity contribution in [3.8, 4) is 12.3 Å². The van der Waals surface area contributed by atoms with Crippen molar-refractivity contribution in [2.24, 2.45) is 35.0 Å². The molecular weight excluding hydrogens is 284 g/mol. The van der Waals surface area contributed by atoms with Gasteiger partial charge in [0.15, 0.2) is 0 Å². The highest BCUT2D eigenvalue weighted by Crippen LogP contribution is 2.66. The zero-order valence-electron chi connectivity index (χ0n) is 14.5. The molecule has 2 heteroatoms. The van der Waals surface area contributed by atoms with Crippen molar-refractivity contribution in [2.45, 2.75) is 82.8 Å². The molecular formula is C21H32O2. The molecule has 2 nitrogen and oxygen atoms in total. The molecule has 0 saturated heterocycles. The zero-order valence-corrected chi connectivity index (χ0v) is 14.5. The van der Waals surface area contributed by atoms with Gasteiger partial charge in [-0.25, -0.2) is 0 Å². The van der Waals surface area contributed by atoms with E-state index in [0.717, 1.165) is 62.2 Å². The van der Waals surface area contributed by atoms with E-state index < -0.39 is 5.60 Å².